The van der Waals surface area contributed by atoms with Crippen LogP contribution in [-0.2, 0) is 0 Å². The zero-order chi connectivity index (χ0) is 13.5. The lowest BCUT2D eigenvalue weighted by Crippen LogP contribution is -2.28. The van der Waals surface area contributed by atoms with Crippen molar-refractivity contribution in [3.63, 3.8) is 0 Å². The van der Waals surface area contributed by atoms with Gasteiger partial charge in [0, 0.05) is 13.1 Å². The van der Waals surface area contributed by atoms with Gasteiger partial charge in [0.1, 0.15) is 0 Å². The summed E-state index contributed by atoms with van der Waals surface area (Å²) in [6.45, 7) is 4.38. The summed E-state index contributed by atoms with van der Waals surface area (Å²) in [6, 6.07) is 5.16. The zero-order valence-corrected chi connectivity index (χ0v) is 12.0. The molecule has 0 bridgehead atoms. The van der Waals surface area contributed by atoms with Gasteiger partial charge < -0.3 is 15.1 Å². The third-order valence-electron chi connectivity index (χ3n) is 2.91. The number of hydrogen-bond donors (Lipinski definition) is 2. The average Bonchev–Trinajstić information content (AvgIpc) is 2.37. The Hall–Kier alpha value is -0.320. The standard InChI is InChI=1S/C13H19Cl2NO2/c1-2-16(7-8-17)6-5-13(18)10-3-4-11(14)12(15)9-10/h3-4,9,13,17-18H,2,5-8H2,1H3. The molecule has 102 valence electrons. The highest BCUT2D eigenvalue weighted by atomic mass is 35.5. The predicted octanol–water partition coefficient (Wildman–Crippen LogP) is 2.73. The van der Waals surface area contributed by atoms with Crippen LogP contribution in [0.1, 0.15) is 25.0 Å². The second-order valence-corrected chi connectivity index (χ2v) is 4.95. The Morgan fingerprint density at radius 2 is 1.94 bits per heavy atom. The van der Waals surface area contributed by atoms with Crippen molar-refractivity contribution in [2.45, 2.75) is 19.4 Å². The highest BCUT2D eigenvalue weighted by molar-refractivity contribution is 6.42. The number of benzene rings is 1. The summed E-state index contributed by atoms with van der Waals surface area (Å²) in [4.78, 5) is 2.08. The first-order chi connectivity index (χ1) is 8.58. The highest BCUT2D eigenvalue weighted by Crippen LogP contribution is 2.26. The quantitative estimate of drug-likeness (QED) is 0.812. The van der Waals surface area contributed by atoms with Gasteiger partial charge in [0.25, 0.3) is 0 Å². The first-order valence-corrected chi connectivity index (χ1v) is 6.80. The van der Waals surface area contributed by atoms with Gasteiger partial charge in [0.05, 0.1) is 22.8 Å². The molecule has 1 unspecified atom stereocenters. The monoisotopic (exact) mass is 291 g/mol. The van der Waals surface area contributed by atoms with Crippen molar-refractivity contribution in [2.24, 2.45) is 0 Å². The van der Waals surface area contributed by atoms with E-state index in [1.807, 2.05) is 6.92 Å². The lowest BCUT2D eigenvalue weighted by Gasteiger charge is -2.21. The summed E-state index contributed by atoms with van der Waals surface area (Å²) in [6.07, 6.45) is 0.0405. The predicted molar refractivity (Wildman–Crippen MR) is 75.2 cm³/mol. The van der Waals surface area contributed by atoms with Gasteiger partial charge in [0.15, 0.2) is 0 Å². The van der Waals surface area contributed by atoms with E-state index in [1.165, 1.54) is 0 Å². The molecule has 5 heteroatoms. The van der Waals surface area contributed by atoms with Crippen molar-refractivity contribution in [2.75, 3.05) is 26.2 Å². The number of likely N-dealkylation sites (N-methyl/N-ethyl adjacent to an activating group) is 1. The van der Waals surface area contributed by atoms with Crippen LogP contribution in [0.15, 0.2) is 18.2 Å². The van der Waals surface area contributed by atoms with Gasteiger partial charge in [-0.05, 0) is 30.7 Å². The molecule has 0 saturated heterocycles. The molecule has 0 spiro atoms. The van der Waals surface area contributed by atoms with Crippen molar-refractivity contribution in [1.82, 2.24) is 4.90 Å². The van der Waals surface area contributed by atoms with E-state index in [0.717, 1.165) is 18.7 Å². The fourth-order valence-corrected chi connectivity index (χ4v) is 2.07. The van der Waals surface area contributed by atoms with Crippen LogP contribution >= 0.6 is 23.2 Å². The number of aliphatic hydroxyl groups excluding tert-OH is 2. The van der Waals surface area contributed by atoms with E-state index in [-0.39, 0.29) is 6.61 Å². The van der Waals surface area contributed by atoms with Crippen LogP contribution < -0.4 is 0 Å². The Balaban J connectivity index is 2.53. The highest BCUT2D eigenvalue weighted by Gasteiger charge is 2.11. The maximum absolute atomic E-state index is 10.1. The van der Waals surface area contributed by atoms with E-state index in [9.17, 15) is 5.11 Å². The Morgan fingerprint density at radius 1 is 1.22 bits per heavy atom. The maximum Gasteiger partial charge on any atom is 0.0802 e. The lowest BCUT2D eigenvalue weighted by atomic mass is 10.1. The number of hydrogen-bond acceptors (Lipinski definition) is 3. The van der Waals surface area contributed by atoms with Gasteiger partial charge in [-0.15, -0.1) is 0 Å². The van der Waals surface area contributed by atoms with E-state index >= 15 is 0 Å². The molecule has 1 aromatic carbocycles. The van der Waals surface area contributed by atoms with Crippen LogP contribution in [0, 0.1) is 0 Å². The summed E-state index contributed by atoms with van der Waals surface area (Å²) in [5, 5.41) is 19.9. The van der Waals surface area contributed by atoms with E-state index < -0.39 is 6.10 Å². The molecule has 0 radical (unpaired) electrons. The Labute approximate surface area is 118 Å². The zero-order valence-electron chi connectivity index (χ0n) is 10.4. The van der Waals surface area contributed by atoms with Crippen LogP contribution in [0.5, 0.6) is 0 Å². The largest absolute Gasteiger partial charge is 0.395 e. The summed E-state index contributed by atoms with van der Waals surface area (Å²) >= 11 is 11.7. The van der Waals surface area contributed by atoms with Gasteiger partial charge in [-0.25, -0.2) is 0 Å². The van der Waals surface area contributed by atoms with E-state index in [0.29, 0.717) is 23.0 Å². The van der Waals surface area contributed by atoms with Crippen LogP contribution in [0.2, 0.25) is 10.0 Å². The normalized spacial score (nSPS) is 13.0. The minimum absolute atomic E-state index is 0.136. The van der Waals surface area contributed by atoms with Crippen molar-refractivity contribution in [1.29, 1.82) is 0 Å². The molecule has 0 aliphatic carbocycles. The molecule has 0 heterocycles. The molecule has 1 rings (SSSR count). The summed E-state index contributed by atoms with van der Waals surface area (Å²) in [5.74, 6) is 0. The smallest absolute Gasteiger partial charge is 0.0802 e. The molecule has 1 aromatic rings. The number of halogens is 2. The van der Waals surface area contributed by atoms with Crippen LogP contribution in [0.25, 0.3) is 0 Å². The second kappa shape index (κ2) is 7.97. The third-order valence-corrected chi connectivity index (χ3v) is 3.65. The molecule has 0 aliphatic heterocycles. The first kappa shape index (κ1) is 15.7. The van der Waals surface area contributed by atoms with Crippen molar-refractivity contribution in [3.05, 3.63) is 33.8 Å². The lowest BCUT2D eigenvalue weighted by molar-refractivity contribution is 0.133. The molecule has 1 atom stereocenters. The van der Waals surface area contributed by atoms with Gasteiger partial charge in [0.2, 0.25) is 0 Å². The van der Waals surface area contributed by atoms with Gasteiger partial charge in [-0.3, -0.25) is 0 Å². The van der Waals surface area contributed by atoms with E-state index in [1.54, 1.807) is 18.2 Å². The van der Waals surface area contributed by atoms with Crippen molar-refractivity contribution in [3.8, 4) is 0 Å². The number of aliphatic hydroxyl groups is 2. The Bertz CT molecular complexity index is 374. The molecular formula is C13H19Cl2NO2. The molecule has 2 N–H and O–H groups in total. The summed E-state index contributed by atoms with van der Waals surface area (Å²) in [5.41, 5.74) is 0.768. The Morgan fingerprint density at radius 3 is 2.50 bits per heavy atom. The molecule has 0 aliphatic rings. The minimum atomic E-state index is -0.562. The van der Waals surface area contributed by atoms with Gasteiger partial charge in [-0.1, -0.05) is 36.2 Å². The average molecular weight is 292 g/mol. The number of nitrogens with zero attached hydrogens (tertiary/aromatic N) is 1. The fraction of sp³-hybridized carbons (Fsp3) is 0.538. The SMILES string of the molecule is CCN(CCO)CCC(O)c1ccc(Cl)c(Cl)c1. The first-order valence-electron chi connectivity index (χ1n) is 6.04. The molecule has 0 saturated carbocycles. The van der Waals surface area contributed by atoms with Crippen LogP contribution in [0.4, 0.5) is 0 Å². The number of rotatable bonds is 7. The van der Waals surface area contributed by atoms with Crippen LogP contribution in [0.3, 0.4) is 0 Å². The summed E-state index contributed by atoms with van der Waals surface area (Å²) in [7, 11) is 0. The second-order valence-electron chi connectivity index (χ2n) is 4.14. The van der Waals surface area contributed by atoms with Crippen molar-refractivity contribution >= 4 is 23.2 Å². The Kier molecular flexibility index (Phi) is 6.97. The van der Waals surface area contributed by atoms with Gasteiger partial charge >= 0.3 is 0 Å². The fourth-order valence-electron chi connectivity index (χ4n) is 1.76. The van der Waals surface area contributed by atoms with E-state index in [2.05, 4.69) is 4.90 Å². The topological polar surface area (TPSA) is 43.7 Å². The van der Waals surface area contributed by atoms with Crippen LogP contribution in [-0.4, -0.2) is 41.4 Å². The third kappa shape index (κ3) is 4.75. The molecular weight excluding hydrogens is 273 g/mol. The van der Waals surface area contributed by atoms with E-state index in [4.69, 9.17) is 28.3 Å². The molecule has 0 amide bonds. The van der Waals surface area contributed by atoms with Crippen molar-refractivity contribution < 1.29 is 10.2 Å². The minimum Gasteiger partial charge on any atom is -0.395 e. The molecule has 18 heavy (non-hydrogen) atoms. The maximum atomic E-state index is 10.1. The van der Waals surface area contributed by atoms with Gasteiger partial charge in [-0.2, -0.15) is 0 Å². The molecule has 0 aromatic heterocycles. The molecule has 0 fully saturated rings. The molecule has 3 nitrogen and oxygen atoms in total. The summed E-state index contributed by atoms with van der Waals surface area (Å²) < 4.78 is 0.